The molecule has 0 saturated carbocycles. The molecule has 0 fully saturated rings. The number of hydrazine groups is 1. The summed E-state index contributed by atoms with van der Waals surface area (Å²) in [6.45, 7) is 3.64. The highest BCUT2D eigenvalue weighted by Crippen LogP contribution is 2.27. The standard InChI is InChI=1S/C10H15N2O3P/c1-2-3-4-9-5-7-10(8-6-9)11-12-16(13,14)15/h2,5-8,11H,1,3-4H2,(H3,12,13,14,15). The van der Waals surface area contributed by atoms with Gasteiger partial charge >= 0.3 is 7.75 Å². The van der Waals surface area contributed by atoms with Gasteiger partial charge in [0.05, 0.1) is 0 Å². The number of aryl methyl sites for hydroxylation is 1. The Morgan fingerprint density at radius 1 is 1.31 bits per heavy atom. The summed E-state index contributed by atoms with van der Waals surface area (Å²) in [5.41, 5.74) is 4.19. The Labute approximate surface area is 94.4 Å². The van der Waals surface area contributed by atoms with Gasteiger partial charge in [0, 0.05) is 5.69 Å². The van der Waals surface area contributed by atoms with Gasteiger partial charge in [-0.1, -0.05) is 18.2 Å². The van der Waals surface area contributed by atoms with Gasteiger partial charge in [-0.05, 0) is 30.5 Å². The Kier molecular flexibility index (Phi) is 4.71. The molecule has 16 heavy (non-hydrogen) atoms. The summed E-state index contributed by atoms with van der Waals surface area (Å²) in [7, 11) is -4.23. The molecular formula is C10H15N2O3P. The van der Waals surface area contributed by atoms with Crippen LogP contribution in [0.3, 0.4) is 0 Å². The maximum absolute atomic E-state index is 10.5. The van der Waals surface area contributed by atoms with Gasteiger partial charge in [-0.15, -0.1) is 11.8 Å². The molecule has 0 atom stereocenters. The highest BCUT2D eigenvalue weighted by molar-refractivity contribution is 7.49. The van der Waals surface area contributed by atoms with Gasteiger partial charge in [-0.3, -0.25) is 0 Å². The monoisotopic (exact) mass is 242 g/mol. The molecule has 0 saturated heterocycles. The predicted octanol–water partition coefficient (Wildman–Crippen LogP) is 1.81. The minimum Gasteiger partial charge on any atom is -0.312 e. The number of rotatable bonds is 6. The molecule has 0 unspecified atom stereocenters. The van der Waals surface area contributed by atoms with E-state index in [2.05, 4.69) is 12.0 Å². The molecule has 4 N–H and O–H groups in total. The van der Waals surface area contributed by atoms with Crippen LogP contribution >= 0.6 is 7.75 Å². The van der Waals surface area contributed by atoms with Gasteiger partial charge in [-0.2, -0.15) is 0 Å². The molecule has 0 aliphatic carbocycles. The lowest BCUT2D eigenvalue weighted by Gasteiger charge is -2.09. The van der Waals surface area contributed by atoms with E-state index in [0.717, 1.165) is 18.4 Å². The van der Waals surface area contributed by atoms with Crippen molar-refractivity contribution in [3.63, 3.8) is 0 Å². The van der Waals surface area contributed by atoms with E-state index in [1.807, 2.05) is 23.4 Å². The first-order valence-electron chi connectivity index (χ1n) is 4.80. The van der Waals surface area contributed by atoms with Crippen LogP contribution in [0.4, 0.5) is 5.69 Å². The van der Waals surface area contributed by atoms with Gasteiger partial charge in [0.2, 0.25) is 0 Å². The van der Waals surface area contributed by atoms with E-state index in [1.54, 1.807) is 12.1 Å². The molecule has 0 spiro atoms. The topological polar surface area (TPSA) is 81.6 Å². The first-order chi connectivity index (χ1) is 7.51. The van der Waals surface area contributed by atoms with Crippen LogP contribution in [-0.2, 0) is 11.0 Å². The minimum absolute atomic E-state index is 0.602. The molecule has 0 aromatic heterocycles. The minimum atomic E-state index is -4.23. The fraction of sp³-hybridized carbons (Fsp3) is 0.200. The number of hydrogen-bond acceptors (Lipinski definition) is 2. The first kappa shape index (κ1) is 12.9. The molecule has 5 nitrogen and oxygen atoms in total. The Morgan fingerprint density at radius 3 is 2.44 bits per heavy atom. The third kappa shape index (κ3) is 5.09. The Bertz CT molecular complexity index is 386. The van der Waals surface area contributed by atoms with Crippen LogP contribution in [0.5, 0.6) is 0 Å². The Balaban J connectivity index is 2.51. The largest absolute Gasteiger partial charge is 0.417 e. The van der Waals surface area contributed by atoms with Crippen molar-refractivity contribution in [2.24, 2.45) is 0 Å². The molecular weight excluding hydrogens is 227 g/mol. The van der Waals surface area contributed by atoms with Crippen LogP contribution in [0, 0.1) is 0 Å². The van der Waals surface area contributed by atoms with Gasteiger partial charge in [0.25, 0.3) is 0 Å². The molecule has 0 amide bonds. The van der Waals surface area contributed by atoms with E-state index >= 15 is 0 Å². The van der Waals surface area contributed by atoms with E-state index < -0.39 is 7.75 Å². The van der Waals surface area contributed by atoms with Crippen molar-refractivity contribution in [2.45, 2.75) is 12.8 Å². The van der Waals surface area contributed by atoms with Gasteiger partial charge in [0.15, 0.2) is 0 Å². The average molecular weight is 242 g/mol. The van der Waals surface area contributed by atoms with E-state index in [-0.39, 0.29) is 0 Å². The van der Waals surface area contributed by atoms with Gasteiger partial charge in [-0.25, -0.2) is 4.57 Å². The second kappa shape index (κ2) is 5.82. The number of nitrogens with one attached hydrogen (secondary N) is 2. The van der Waals surface area contributed by atoms with Crippen molar-refractivity contribution in [3.8, 4) is 0 Å². The number of anilines is 1. The molecule has 88 valence electrons. The second-order valence-corrected chi connectivity index (χ2v) is 4.62. The molecule has 1 aromatic rings. The molecule has 6 heteroatoms. The van der Waals surface area contributed by atoms with Crippen LogP contribution in [-0.4, -0.2) is 9.79 Å². The van der Waals surface area contributed by atoms with Crippen LogP contribution in [0.1, 0.15) is 12.0 Å². The number of benzene rings is 1. The summed E-state index contributed by atoms with van der Waals surface area (Å²) in [6, 6.07) is 7.29. The first-order valence-corrected chi connectivity index (χ1v) is 6.41. The van der Waals surface area contributed by atoms with Gasteiger partial charge in [0.1, 0.15) is 0 Å². The zero-order chi connectivity index (χ0) is 12.0. The zero-order valence-electron chi connectivity index (χ0n) is 8.76. The highest BCUT2D eigenvalue weighted by atomic mass is 31.2. The molecule has 1 aromatic carbocycles. The molecule has 1 rings (SSSR count). The lowest BCUT2D eigenvalue weighted by molar-refractivity contribution is 0.362. The van der Waals surface area contributed by atoms with Crippen molar-refractivity contribution < 1.29 is 14.4 Å². The van der Waals surface area contributed by atoms with Crippen molar-refractivity contribution in [2.75, 3.05) is 5.43 Å². The van der Waals surface area contributed by atoms with Crippen LogP contribution in [0.15, 0.2) is 36.9 Å². The Morgan fingerprint density at radius 2 is 1.94 bits per heavy atom. The maximum Gasteiger partial charge on any atom is 0.417 e. The predicted molar refractivity (Wildman–Crippen MR) is 63.8 cm³/mol. The molecule has 0 bridgehead atoms. The van der Waals surface area contributed by atoms with Crippen molar-refractivity contribution in [1.82, 2.24) is 5.20 Å². The van der Waals surface area contributed by atoms with Crippen LogP contribution in [0.2, 0.25) is 0 Å². The zero-order valence-corrected chi connectivity index (χ0v) is 9.65. The lowest BCUT2D eigenvalue weighted by atomic mass is 10.1. The van der Waals surface area contributed by atoms with Crippen LogP contribution < -0.4 is 10.6 Å². The fourth-order valence-electron chi connectivity index (χ4n) is 1.16. The summed E-state index contributed by atoms with van der Waals surface area (Å²) in [6.07, 6.45) is 3.67. The molecule has 0 heterocycles. The van der Waals surface area contributed by atoms with Crippen molar-refractivity contribution in [3.05, 3.63) is 42.5 Å². The van der Waals surface area contributed by atoms with Gasteiger partial charge < -0.3 is 15.2 Å². The number of hydrogen-bond donors (Lipinski definition) is 4. The maximum atomic E-state index is 10.5. The third-order valence-corrected chi connectivity index (χ3v) is 2.34. The smallest absolute Gasteiger partial charge is 0.312 e. The van der Waals surface area contributed by atoms with Crippen LogP contribution in [0.25, 0.3) is 0 Å². The quantitative estimate of drug-likeness (QED) is 0.347. The SMILES string of the molecule is C=CCCc1ccc(NNP(=O)(O)O)cc1. The average Bonchev–Trinajstić information content (AvgIpc) is 2.24. The number of allylic oxidation sites excluding steroid dienone is 1. The fourth-order valence-corrected chi connectivity index (χ4v) is 1.44. The Hall–Kier alpha value is -1.13. The molecule has 0 radical (unpaired) electrons. The summed E-state index contributed by atoms with van der Waals surface area (Å²) in [5, 5.41) is 1.90. The summed E-state index contributed by atoms with van der Waals surface area (Å²) >= 11 is 0. The van der Waals surface area contributed by atoms with E-state index in [9.17, 15) is 4.57 Å². The highest BCUT2D eigenvalue weighted by Gasteiger charge is 2.10. The van der Waals surface area contributed by atoms with E-state index in [1.165, 1.54) is 0 Å². The summed E-state index contributed by atoms with van der Waals surface area (Å²) in [4.78, 5) is 17.2. The van der Waals surface area contributed by atoms with Crippen molar-refractivity contribution in [1.29, 1.82) is 0 Å². The second-order valence-electron chi connectivity index (χ2n) is 3.31. The summed E-state index contributed by atoms with van der Waals surface area (Å²) < 4.78 is 10.5. The third-order valence-electron chi connectivity index (χ3n) is 1.94. The normalized spacial score (nSPS) is 11.1. The lowest BCUT2D eigenvalue weighted by Crippen LogP contribution is -2.17. The summed E-state index contributed by atoms with van der Waals surface area (Å²) in [5.74, 6) is 0. The van der Waals surface area contributed by atoms with E-state index in [0.29, 0.717) is 5.69 Å². The van der Waals surface area contributed by atoms with Crippen molar-refractivity contribution >= 4 is 13.4 Å². The van der Waals surface area contributed by atoms with E-state index in [4.69, 9.17) is 9.79 Å². The molecule has 0 aliphatic heterocycles. The molecule has 0 aliphatic rings.